The molecule has 9 heteroatoms. The van der Waals surface area contributed by atoms with Gasteiger partial charge in [-0.2, -0.15) is 0 Å². The first-order valence-electron chi connectivity index (χ1n) is 20.8. The van der Waals surface area contributed by atoms with Gasteiger partial charge in [0, 0.05) is 12.8 Å². The summed E-state index contributed by atoms with van der Waals surface area (Å²) in [7, 11) is -4.76. The first-order chi connectivity index (χ1) is 24.8. The van der Waals surface area contributed by atoms with Crippen molar-refractivity contribution in [2.45, 2.75) is 206 Å². The van der Waals surface area contributed by atoms with Crippen LogP contribution >= 0.6 is 7.82 Å². The van der Waals surface area contributed by atoms with Crippen molar-refractivity contribution in [3.63, 3.8) is 0 Å². The largest absolute Gasteiger partial charge is 0.469 e. The van der Waals surface area contributed by atoms with E-state index < -0.39 is 32.5 Å². The van der Waals surface area contributed by atoms with Crippen LogP contribution in [0.15, 0.2) is 36.5 Å². The van der Waals surface area contributed by atoms with Crippen LogP contribution in [0.1, 0.15) is 200 Å². The highest BCUT2D eigenvalue weighted by molar-refractivity contribution is 7.46. The molecule has 0 bridgehead atoms. The first kappa shape index (κ1) is 49.3. The van der Waals surface area contributed by atoms with E-state index in [1.54, 1.807) is 0 Å². The van der Waals surface area contributed by atoms with Crippen LogP contribution in [0, 0.1) is 0 Å². The van der Waals surface area contributed by atoms with Gasteiger partial charge in [0.05, 0.1) is 6.61 Å². The number of esters is 2. The fourth-order valence-electron chi connectivity index (χ4n) is 5.79. The van der Waals surface area contributed by atoms with E-state index in [0.29, 0.717) is 12.8 Å². The van der Waals surface area contributed by atoms with Crippen LogP contribution in [0.3, 0.4) is 0 Å². The fraction of sp³-hybridized carbons (Fsp3) is 0.810. The lowest BCUT2D eigenvalue weighted by molar-refractivity contribution is -0.161. The molecule has 0 fully saturated rings. The second kappa shape index (κ2) is 38.0. The van der Waals surface area contributed by atoms with Gasteiger partial charge in [0.15, 0.2) is 6.10 Å². The normalized spacial score (nSPS) is 12.8. The van der Waals surface area contributed by atoms with Crippen LogP contribution in [-0.4, -0.2) is 41.0 Å². The van der Waals surface area contributed by atoms with Gasteiger partial charge in [0.2, 0.25) is 0 Å². The number of hydrogen-bond acceptors (Lipinski definition) is 6. The van der Waals surface area contributed by atoms with Crippen molar-refractivity contribution < 1.29 is 37.9 Å². The van der Waals surface area contributed by atoms with Gasteiger partial charge in [-0.1, -0.05) is 172 Å². The zero-order chi connectivity index (χ0) is 37.5. The Labute approximate surface area is 312 Å². The SMILES string of the molecule is CCCCC/C=C\C/C=C\C/C=C\CCCCC(=O)OC[C@H](COP(=O)(O)O)OC(=O)CCCCCCCCCCCCCCCCCCCC. The topological polar surface area (TPSA) is 119 Å². The Morgan fingerprint density at radius 2 is 0.882 bits per heavy atom. The number of ether oxygens (including phenoxy) is 2. The van der Waals surface area contributed by atoms with Gasteiger partial charge in [-0.25, -0.2) is 4.57 Å². The van der Waals surface area contributed by atoms with E-state index in [0.717, 1.165) is 51.4 Å². The van der Waals surface area contributed by atoms with Crippen molar-refractivity contribution in [3.8, 4) is 0 Å². The summed E-state index contributed by atoms with van der Waals surface area (Å²) >= 11 is 0. The lowest BCUT2D eigenvalue weighted by Crippen LogP contribution is -2.29. The molecule has 1 atom stereocenters. The first-order valence-corrected chi connectivity index (χ1v) is 22.3. The second-order valence-corrected chi connectivity index (χ2v) is 15.2. The van der Waals surface area contributed by atoms with Gasteiger partial charge in [-0.05, 0) is 51.4 Å². The van der Waals surface area contributed by atoms with E-state index in [2.05, 4.69) is 54.8 Å². The van der Waals surface area contributed by atoms with E-state index in [1.165, 1.54) is 109 Å². The molecule has 0 aliphatic heterocycles. The number of carbonyl (C=O) groups is 2. The Bertz CT molecular complexity index is 926. The quantitative estimate of drug-likeness (QED) is 0.0278. The van der Waals surface area contributed by atoms with Crippen molar-refractivity contribution in [3.05, 3.63) is 36.5 Å². The van der Waals surface area contributed by atoms with Gasteiger partial charge < -0.3 is 19.3 Å². The van der Waals surface area contributed by atoms with Crippen molar-refractivity contribution in [1.29, 1.82) is 0 Å². The van der Waals surface area contributed by atoms with E-state index in [4.69, 9.17) is 19.3 Å². The predicted octanol–water partition coefficient (Wildman–Crippen LogP) is 12.6. The molecule has 2 N–H and O–H groups in total. The average Bonchev–Trinajstić information content (AvgIpc) is 3.10. The summed E-state index contributed by atoms with van der Waals surface area (Å²) in [6, 6.07) is 0. The minimum atomic E-state index is -4.76. The summed E-state index contributed by atoms with van der Waals surface area (Å²) in [4.78, 5) is 42.8. The molecule has 0 spiro atoms. The summed E-state index contributed by atoms with van der Waals surface area (Å²) in [5.41, 5.74) is 0. The molecule has 8 nitrogen and oxygen atoms in total. The molecule has 0 saturated heterocycles. The molecule has 298 valence electrons. The third-order valence-corrected chi connectivity index (χ3v) is 9.40. The minimum absolute atomic E-state index is 0.207. The Balaban J connectivity index is 3.95. The molecule has 0 heterocycles. The summed E-state index contributed by atoms with van der Waals surface area (Å²) in [5, 5.41) is 0. The van der Waals surface area contributed by atoms with E-state index in [1.807, 2.05) is 0 Å². The Hall–Kier alpha value is -1.73. The number of phosphoric acid groups is 1. The van der Waals surface area contributed by atoms with Crippen LogP contribution in [0.25, 0.3) is 0 Å². The summed E-state index contributed by atoms with van der Waals surface area (Å²) in [5.74, 6) is -0.923. The zero-order valence-electron chi connectivity index (χ0n) is 32.8. The standard InChI is InChI=1S/C42H77O8P/c1-3-5-7-9-11-13-15-17-19-20-21-23-25-27-29-31-33-35-37-42(44)50-40(39-49-51(45,46)47)38-48-41(43)36-34-32-30-28-26-24-22-18-16-14-12-10-8-6-4-2/h12,14,18,22,26,28,40H,3-11,13,15-17,19-21,23-25,27,29-39H2,1-2H3,(H2,45,46,47)/b14-12-,22-18-,28-26-/t40-/m1/s1. The summed E-state index contributed by atoms with van der Waals surface area (Å²) < 4.78 is 26.3. The average molecular weight is 741 g/mol. The molecule has 0 rings (SSSR count). The Morgan fingerprint density at radius 3 is 1.35 bits per heavy atom. The molecule has 0 aliphatic rings. The molecule has 0 aromatic heterocycles. The maximum absolute atomic E-state index is 12.4. The van der Waals surface area contributed by atoms with Gasteiger partial charge in [-0.3, -0.25) is 14.1 Å². The third-order valence-electron chi connectivity index (χ3n) is 8.91. The Morgan fingerprint density at radius 1 is 0.510 bits per heavy atom. The zero-order valence-corrected chi connectivity index (χ0v) is 33.6. The highest BCUT2D eigenvalue weighted by Crippen LogP contribution is 2.36. The number of rotatable bonds is 38. The van der Waals surface area contributed by atoms with Gasteiger partial charge in [0.25, 0.3) is 0 Å². The molecule has 0 amide bonds. The third kappa shape index (κ3) is 40.9. The van der Waals surface area contributed by atoms with Crippen LogP contribution in [0.2, 0.25) is 0 Å². The maximum Gasteiger partial charge on any atom is 0.469 e. The Kier molecular flexibility index (Phi) is 36.7. The fourth-order valence-corrected chi connectivity index (χ4v) is 6.15. The molecular formula is C42H77O8P. The molecule has 51 heavy (non-hydrogen) atoms. The number of carbonyl (C=O) groups excluding carboxylic acids is 2. The van der Waals surface area contributed by atoms with Gasteiger partial charge >= 0.3 is 19.8 Å². The van der Waals surface area contributed by atoms with Crippen LogP contribution < -0.4 is 0 Å². The number of unbranched alkanes of at least 4 members (excludes halogenated alkanes) is 22. The van der Waals surface area contributed by atoms with E-state index in [9.17, 15) is 14.2 Å². The molecule has 0 aromatic carbocycles. The van der Waals surface area contributed by atoms with Crippen LogP contribution in [-0.2, 0) is 28.2 Å². The lowest BCUT2D eigenvalue weighted by atomic mass is 10.0. The van der Waals surface area contributed by atoms with Gasteiger partial charge in [-0.15, -0.1) is 0 Å². The van der Waals surface area contributed by atoms with Crippen molar-refractivity contribution in [2.75, 3.05) is 13.2 Å². The lowest BCUT2D eigenvalue weighted by Gasteiger charge is -2.18. The highest BCUT2D eigenvalue weighted by atomic mass is 31.2. The molecule has 0 unspecified atom stereocenters. The molecule has 0 radical (unpaired) electrons. The molecule has 0 saturated carbocycles. The summed E-state index contributed by atoms with van der Waals surface area (Å²) in [6.07, 6.45) is 44.4. The maximum atomic E-state index is 12.4. The van der Waals surface area contributed by atoms with E-state index in [-0.39, 0.29) is 19.4 Å². The number of phosphoric ester groups is 1. The van der Waals surface area contributed by atoms with Crippen molar-refractivity contribution in [1.82, 2.24) is 0 Å². The van der Waals surface area contributed by atoms with Crippen LogP contribution in [0.4, 0.5) is 0 Å². The molecule has 0 aliphatic carbocycles. The molecular weight excluding hydrogens is 663 g/mol. The molecule has 0 aromatic rings. The van der Waals surface area contributed by atoms with E-state index >= 15 is 0 Å². The van der Waals surface area contributed by atoms with Crippen molar-refractivity contribution >= 4 is 19.8 Å². The number of hydrogen-bond donors (Lipinski definition) is 2. The van der Waals surface area contributed by atoms with Gasteiger partial charge in [0.1, 0.15) is 6.61 Å². The second-order valence-electron chi connectivity index (χ2n) is 14.0. The predicted molar refractivity (Wildman–Crippen MR) is 211 cm³/mol. The summed E-state index contributed by atoms with van der Waals surface area (Å²) in [6.45, 7) is 3.64. The van der Waals surface area contributed by atoms with Crippen molar-refractivity contribution in [2.24, 2.45) is 0 Å². The smallest absolute Gasteiger partial charge is 0.462 e. The monoisotopic (exact) mass is 741 g/mol. The van der Waals surface area contributed by atoms with Crippen LogP contribution in [0.5, 0.6) is 0 Å². The highest BCUT2D eigenvalue weighted by Gasteiger charge is 2.22. The number of allylic oxidation sites excluding steroid dienone is 6. The minimum Gasteiger partial charge on any atom is -0.462 e.